The summed E-state index contributed by atoms with van der Waals surface area (Å²) in [6.45, 7) is 8.20. The van der Waals surface area contributed by atoms with E-state index in [4.69, 9.17) is 9.72 Å². The van der Waals surface area contributed by atoms with Gasteiger partial charge in [0.1, 0.15) is 11.4 Å². The summed E-state index contributed by atoms with van der Waals surface area (Å²) < 4.78 is 18.7. The maximum absolute atomic E-state index is 13.2. The first-order chi connectivity index (χ1) is 14.6. The van der Waals surface area contributed by atoms with E-state index in [1.54, 1.807) is 4.90 Å². The molecule has 1 fully saturated rings. The molecule has 4 rings (SSSR count). The number of amides is 2. The van der Waals surface area contributed by atoms with E-state index in [2.05, 4.69) is 12.2 Å². The molecule has 2 aliphatic rings. The molecule has 6 nitrogen and oxygen atoms in total. The van der Waals surface area contributed by atoms with E-state index in [0.717, 1.165) is 36.3 Å². The number of carbonyl (C=O) groups is 2. The van der Waals surface area contributed by atoms with Crippen LogP contribution in [0.1, 0.15) is 62.3 Å². The zero-order chi connectivity index (χ0) is 22.4. The van der Waals surface area contributed by atoms with Crippen LogP contribution in [0.25, 0.3) is 0 Å². The molecule has 1 aliphatic carbocycles. The molecule has 1 aliphatic heterocycles. The predicted octanol–water partition coefficient (Wildman–Crippen LogP) is 4.57. The lowest BCUT2D eigenvalue weighted by atomic mass is 10.0. The van der Waals surface area contributed by atoms with Gasteiger partial charge in [0, 0.05) is 12.1 Å². The average molecular weight is 426 g/mol. The summed E-state index contributed by atoms with van der Waals surface area (Å²) in [5, 5.41) is 3.11. The van der Waals surface area contributed by atoms with Gasteiger partial charge in [-0.15, -0.1) is 0 Å². The third-order valence-electron chi connectivity index (χ3n) is 5.86. The molecular formula is C24H28FN3O3. The highest BCUT2D eigenvalue weighted by Gasteiger charge is 2.55. The van der Waals surface area contributed by atoms with Gasteiger partial charge < -0.3 is 10.1 Å². The smallest absolute Gasteiger partial charge is 0.414 e. The predicted molar refractivity (Wildman–Crippen MR) is 115 cm³/mol. The lowest BCUT2D eigenvalue weighted by Crippen LogP contribution is -2.41. The van der Waals surface area contributed by atoms with E-state index in [0.29, 0.717) is 12.1 Å². The minimum absolute atomic E-state index is 0.230. The first kappa shape index (κ1) is 21.3. The van der Waals surface area contributed by atoms with Crippen LogP contribution in [0.3, 0.4) is 0 Å². The lowest BCUT2D eigenvalue weighted by molar-refractivity contribution is 0.0577. The van der Waals surface area contributed by atoms with Crippen LogP contribution in [-0.2, 0) is 16.7 Å². The van der Waals surface area contributed by atoms with Crippen molar-refractivity contribution >= 4 is 17.7 Å². The summed E-state index contributed by atoms with van der Waals surface area (Å²) in [5.41, 5.74) is 1.69. The number of pyridine rings is 1. The minimum Gasteiger partial charge on any atom is -0.443 e. The second-order valence-corrected chi connectivity index (χ2v) is 9.44. The summed E-state index contributed by atoms with van der Waals surface area (Å²) in [5.74, 6) is -0.399. The quantitative estimate of drug-likeness (QED) is 0.782. The van der Waals surface area contributed by atoms with Gasteiger partial charge in [-0.25, -0.2) is 9.18 Å². The maximum Gasteiger partial charge on any atom is 0.414 e. The number of fused-ring (bicyclic) bond motifs is 1. The molecule has 0 radical (unpaired) electrons. The van der Waals surface area contributed by atoms with Crippen LogP contribution in [0.5, 0.6) is 0 Å². The van der Waals surface area contributed by atoms with E-state index in [-0.39, 0.29) is 23.7 Å². The van der Waals surface area contributed by atoms with Gasteiger partial charge in [0.25, 0.3) is 5.91 Å². The third-order valence-corrected chi connectivity index (χ3v) is 5.86. The Hall–Kier alpha value is -2.96. The maximum atomic E-state index is 13.2. The number of benzene rings is 1. The number of halogens is 1. The molecule has 0 bridgehead atoms. The van der Waals surface area contributed by atoms with Crippen molar-refractivity contribution in [3.8, 4) is 0 Å². The van der Waals surface area contributed by atoms with Gasteiger partial charge in [-0.2, -0.15) is 0 Å². The number of aryl methyl sites for hydroxylation is 1. The van der Waals surface area contributed by atoms with Crippen molar-refractivity contribution < 1.29 is 18.7 Å². The lowest BCUT2D eigenvalue weighted by Gasteiger charge is -2.32. The second kappa shape index (κ2) is 7.62. The highest BCUT2D eigenvalue weighted by Crippen LogP contribution is 2.51. The number of anilines is 1. The fourth-order valence-electron chi connectivity index (χ4n) is 4.10. The van der Waals surface area contributed by atoms with Gasteiger partial charge in [0.15, 0.2) is 0 Å². The van der Waals surface area contributed by atoms with Crippen LogP contribution in [0, 0.1) is 11.7 Å². The topological polar surface area (TPSA) is 71.5 Å². The Bertz CT molecular complexity index is 1020. The van der Waals surface area contributed by atoms with E-state index in [1.165, 1.54) is 24.3 Å². The molecule has 31 heavy (non-hydrogen) atoms. The monoisotopic (exact) mass is 425 g/mol. The molecule has 2 amide bonds. The van der Waals surface area contributed by atoms with Gasteiger partial charge in [-0.05, 0) is 82.3 Å². The summed E-state index contributed by atoms with van der Waals surface area (Å²) in [7, 11) is 0. The molecule has 2 atom stereocenters. The Kier molecular flexibility index (Phi) is 5.23. The minimum atomic E-state index is -0.569. The SMILES string of the molecule is CC1CC1(NC(=O)c1ccc(F)cc1)c1ccc2c(n1)CCCN2C(=O)OC(C)(C)C. The van der Waals surface area contributed by atoms with Crippen LogP contribution in [0.2, 0.25) is 0 Å². The van der Waals surface area contributed by atoms with Crippen molar-refractivity contribution in [1.82, 2.24) is 10.3 Å². The normalized spacial score (nSPS) is 22.5. The van der Waals surface area contributed by atoms with Crippen molar-refractivity contribution in [2.75, 3.05) is 11.4 Å². The van der Waals surface area contributed by atoms with E-state index < -0.39 is 11.1 Å². The summed E-state index contributed by atoms with van der Waals surface area (Å²) >= 11 is 0. The number of nitrogens with one attached hydrogen (secondary N) is 1. The highest BCUT2D eigenvalue weighted by molar-refractivity contribution is 5.95. The highest BCUT2D eigenvalue weighted by atomic mass is 19.1. The average Bonchev–Trinajstić information content (AvgIpc) is 3.36. The Balaban J connectivity index is 1.58. The molecular weight excluding hydrogens is 397 g/mol. The number of hydrogen-bond donors (Lipinski definition) is 1. The van der Waals surface area contributed by atoms with E-state index in [1.807, 2.05) is 32.9 Å². The van der Waals surface area contributed by atoms with Gasteiger partial charge in [-0.3, -0.25) is 14.7 Å². The van der Waals surface area contributed by atoms with Crippen molar-refractivity contribution in [3.05, 3.63) is 59.2 Å². The number of carbonyl (C=O) groups excluding carboxylic acids is 2. The fraction of sp³-hybridized carbons (Fsp3) is 0.458. The van der Waals surface area contributed by atoms with Gasteiger partial charge in [0.05, 0.1) is 22.6 Å². The number of aromatic nitrogens is 1. The first-order valence-corrected chi connectivity index (χ1v) is 10.7. The Morgan fingerprint density at radius 1 is 1.19 bits per heavy atom. The molecule has 1 aromatic heterocycles. The molecule has 2 aromatic rings. The summed E-state index contributed by atoms with van der Waals surface area (Å²) in [6, 6.07) is 9.29. The zero-order valence-electron chi connectivity index (χ0n) is 18.4. The molecule has 164 valence electrons. The number of hydrogen-bond acceptors (Lipinski definition) is 4. The van der Waals surface area contributed by atoms with Gasteiger partial charge in [-0.1, -0.05) is 6.92 Å². The van der Waals surface area contributed by atoms with Crippen LogP contribution in [0.4, 0.5) is 14.9 Å². The Morgan fingerprint density at radius 2 is 1.87 bits per heavy atom. The number of ether oxygens (including phenoxy) is 1. The fourth-order valence-corrected chi connectivity index (χ4v) is 4.10. The number of nitrogens with zero attached hydrogens (tertiary/aromatic N) is 2. The van der Waals surface area contributed by atoms with Crippen molar-refractivity contribution in [2.24, 2.45) is 5.92 Å². The number of rotatable bonds is 3. The Labute approximate surface area is 181 Å². The largest absolute Gasteiger partial charge is 0.443 e. The molecule has 1 saturated carbocycles. The van der Waals surface area contributed by atoms with Crippen molar-refractivity contribution in [2.45, 2.75) is 58.1 Å². The molecule has 0 spiro atoms. The first-order valence-electron chi connectivity index (χ1n) is 10.7. The third kappa shape index (κ3) is 4.27. The Morgan fingerprint density at radius 3 is 2.48 bits per heavy atom. The standard InChI is InChI=1S/C24H28FN3O3/c1-15-14-24(15,27-21(29)16-7-9-17(25)10-8-16)20-12-11-19-18(26-20)6-5-13-28(19)22(30)31-23(2,3)4/h7-12,15H,5-6,13-14H2,1-4H3,(H,27,29). The van der Waals surface area contributed by atoms with E-state index in [9.17, 15) is 14.0 Å². The molecule has 2 heterocycles. The molecule has 0 saturated heterocycles. The van der Waals surface area contributed by atoms with Crippen LogP contribution < -0.4 is 10.2 Å². The van der Waals surface area contributed by atoms with Crippen molar-refractivity contribution in [1.29, 1.82) is 0 Å². The molecule has 7 heteroatoms. The molecule has 1 N–H and O–H groups in total. The van der Waals surface area contributed by atoms with E-state index >= 15 is 0 Å². The molecule has 2 unspecified atom stereocenters. The summed E-state index contributed by atoms with van der Waals surface area (Å²) in [4.78, 5) is 31.9. The van der Waals surface area contributed by atoms with Crippen molar-refractivity contribution in [3.63, 3.8) is 0 Å². The van der Waals surface area contributed by atoms with Crippen LogP contribution >= 0.6 is 0 Å². The van der Waals surface area contributed by atoms with Crippen LogP contribution in [0.15, 0.2) is 36.4 Å². The molecule has 1 aromatic carbocycles. The van der Waals surface area contributed by atoms with Crippen LogP contribution in [-0.4, -0.2) is 29.1 Å². The second-order valence-electron chi connectivity index (χ2n) is 9.44. The zero-order valence-corrected chi connectivity index (χ0v) is 18.4. The van der Waals surface area contributed by atoms with Gasteiger partial charge >= 0.3 is 6.09 Å². The van der Waals surface area contributed by atoms with Gasteiger partial charge in [0.2, 0.25) is 0 Å². The summed E-state index contributed by atoms with van der Waals surface area (Å²) in [6.07, 6.45) is 1.97.